The van der Waals surface area contributed by atoms with Gasteiger partial charge in [0.25, 0.3) is 0 Å². The third-order valence-corrected chi connectivity index (χ3v) is 3.52. The monoisotopic (exact) mass is 249 g/mol. The van der Waals surface area contributed by atoms with Crippen LogP contribution < -0.4 is 5.32 Å². The normalized spacial score (nSPS) is 15.4. The first kappa shape index (κ1) is 10.9. The summed E-state index contributed by atoms with van der Waals surface area (Å²) in [7, 11) is 0. The van der Waals surface area contributed by atoms with Crippen molar-refractivity contribution in [1.29, 1.82) is 0 Å². The van der Waals surface area contributed by atoms with Crippen molar-refractivity contribution < 1.29 is 0 Å². The van der Waals surface area contributed by atoms with Crippen molar-refractivity contribution in [3.05, 3.63) is 28.2 Å². The molecule has 0 spiro atoms. The van der Waals surface area contributed by atoms with Crippen LogP contribution in [0.25, 0.3) is 0 Å². The maximum atomic E-state index is 4.42. The molecular formula is C11H15N5S. The fourth-order valence-corrected chi connectivity index (χ4v) is 2.26. The smallest absolute Gasteiger partial charge is 0.164 e. The molecule has 0 bridgehead atoms. The summed E-state index contributed by atoms with van der Waals surface area (Å²) < 4.78 is 1.85. The average molecular weight is 249 g/mol. The summed E-state index contributed by atoms with van der Waals surface area (Å²) in [5, 5.41) is 11.0. The second-order valence-corrected chi connectivity index (χ2v) is 5.43. The Bertz CT molecular complexity index is 499. The van der Waals surface area contributed by atoms with Crippen molar-refractivity contribution >= 4 is 11.3 Å². The van der Waals surface area contributed by atoms with Gasteiger partial charge in [-0.05, 0) is 19.8 Å². The average Bonchev–Trinajstić information content (AvgIpc) is 2.90. The Balaban J connectivity index is 1.59. The van der Waals surface area contributed by atoms with Crippen LogP contribution in [0.3, 0.4) is 0 Å². The number of thiazole rings is 1. The predicted molar refractivity (Wildman–Crippen MR) is 65.8 cm³/mol. The first-order valence-electron chi connectivity index (χ1n) is 5.82. The Morgan fingerprint density at radius 3 is 3.12 bits per heavy atom. The lowest BCUT2D eigenvalue weighted by Crippen LogP contribution is -2.16. The van der Waals surface area contributed by atoms with Gasteiger partial charge in [-0.2, -0.15) is 5.10 Å². The molecule has 6 heteroatoms. The molecule has 2 aromatic rings. The van der Waals surface area contributed by atoms with Gasteiger partial charge in [-0.25, -0.2) is 14.6 Å². The zero-order valence-corrected chi connectivity index (χ0v) is 10.6. The van der Waals surface area contributed by atoms with E-state index >= 15 is 0 Å². The van der Waals surface area contributed by atoms with E-state index in [-0.39, 0.29) is 0 Å². The molecule has 0 amide bonds. The molecule has 1 saturated carbocycles. The molecule has 1 N–H and O–H groups in total. The Kier molecular flexibility index (Phi) is 2.90. The molecule has 0 unspecified atom stereocenters. The Morgan fingerprint density at radius 2 is 2.41 bits per heavy atom. The zero-order chi connectivity index (χ0) is 11.7. The van der Waals surface area contributed by atoms with Crippen LogP contribution in [-0.2, 0) is 13.1 Å². The molecule has 90 valence electrons. The van der Waals surface area contributed by atoms with E-state index in [4.69, 9.17) is 0 Å². The number of hydrogen-bond donors (Lipinski definition) is 1. The third-order valence-electron chi connectivity index (χ3n) is 2.70. The summed E-state index contributed by atoms with van der Waals surface area (Å²) in [6.07, 6.45) is 4.36. The first-order chi connectivity index (χ1) is 8.29. The molecule has 2 heterocycles. The Morgan fingerprint density at radius 1 is 1.53 bits per heavy atom. The molecule has 0 saturated heterocycles. The predicted octanol–water partition coefficient (Wildman–Crippen LogP) is 1.34. The third kappa shape index (κ3) is 2.89. The van der Waals surface area contributed by atoms with E-state index in [1.807, 2.05) is 11.6 Å². The van der Waals surface area contributed by atoms with E-state index in [1.54, 1.807) is 17.7 Å². The number of nitrogens with one attached hydrogen (secondary N) is 1. The SMILES string of the molecule is Cc1nc(Cn2cnc(CNC3CC3)n2)cs1. The summed E-state index contributed by atoms with van der Waals surface area (Å²) in [5.74, 6) is 0.865. The topological polar surface area (TPSA) is 55.6 Å². The van der Waals surface area contributed by atoms with Gasteiger partial charge in [-0.3, -0.25) is 0 Å². The van der Waals surface area contributed by atoms with Crippen LogP contribution in [0.15, 0.2) is 11.7 Å². The van der Waals surface area contributed by atoms with Gasteiger partial charge in [0, 0.05) is 11.4 Å². The maximum absolute atomic E-state index is 4.42. The van der Waals surface area contributed by atoms with Crippen molar-refractivity contribution in [3.63, 3.8) is 0 Å². The summed E-state index contributed by atoms with van der Waals surface area (Å²) in [4.78, 5) is 8.70. The van der Waals surface area contributed by atoms with E-state index in [9.17, 15) is 0 Å². The lowest BCUT2D eigenvalue weighted by molar-refractivity contribution is 0.624. The van der Waals surface area contributed by atoms with E-state index < -0.39 is 0 Å². The summed E-state index contributed by atoms with van der Waals surface area (Å²) in [6.45, 7) is 3.50. The van der Waals surface area contributed by atoms with Crippen LogP contribution >= 0.6 is 11.3 Å². The number of hydrogen-bond acceptors (Lipinski definition) is 5. The largest absolute Gasteiger partial charge is 0.307 e. The molecule has 0 aliphatic heterocycles. The molecule has 1 aliphatic rings. The molecule has 2 aromatic heterocycles. The molecule has 0 aromatic carbocycles. The van der Waals surface area contributed by atoms with E-state index in [2.05, 4.69) is 25.8 Å². The van der Waals surface area contributed by atoms with Crippen molar-refractivity contribution in [2.24, 2.45) is 0 Å². The second kappa shape index (κ2) is 4.54. The molecule has 3 rings (SSSR count). The number of rotatable bonds is 5. The lowest BCUT2D eigenvalue weighted by Gasteiger charge is -1.97. The maximum Gasteiger partial charge on any atom is 0.164 e. The summed E-state index contributed by atoms with van der Waals surface area (Å²) in [6, 6.07) is 0.697. The summed E-state index contributed by atoms with van der Waals surface area (Å²) in [5.41, 5.74) is 1.05. The highest BCUT2D eigenvalue weighted by atomic mass is 32.1. The van der Waals surface area contributed by atoms with Crippen molar-refractivity contribution in [1.82, 2.24) is 25.1 Å². The zero-order valence-electron chi connectivity index (χ0n) is 9.76. The van der Waals surface area contributed by atoms with Gasteiger partial charge in [0.2, 0.25) is 0 Å². The number of nitrogens with zero attached hydrogens (tertiary/aromatic N) is 4. The lowest BCUT2D eigenvalue weighted by atomic mass is 10.5. The van der Waals surface area contributed by atoms with Crippen LogP contribution in [0.2, 0.25) is 0 Å². The van der Waals surface area contributed by atoms with Crippen molar-refractivity contribution in [3.8, 4) is 0 Å². The highest BCUT2D eigenvalue weighted by molar-refractivity contribution is 7.09. The molecule has 0 atom stereocenters. The van der Waals surface area contributed by atoms with Gasteiger partial charge in [0.15, 0.2) is 5.82 Å². The summed E-state index contributed by atoms with van der Waals surface area (Å²) >= 11 is 1.67. The molecule has 1 fully saturated rings. The van der Waals surface area contributed by atoms with Crippen LogP contribution in [0.4, 0.5) is 0 Å². The highest BCUT2D eigenvalue weighted by Gasteiger charge is 2.20. The van der Waals surface area contributed by atoms with Crippen molar-refractivity contribution in [2.75, 3.05) is 0 Å². The Labute approximate surface area is 104 Å². The standard InChI is InChI=1S/C11H15N5S/c1-8-14-10(6-17-8)5-16-7-13-11(15-16)4-12-9-2-3-9/h6-7,9,12H,2-5H2,1H3. The van der Waals surface area contributed by atoms with Gasteiger partial charge >= 0.3 is 0 Å². The minimum absolute atomic E-state index is 0.697. The van der Waals surface area contributed by atoms with Crippen molar-refractivity contribution in [2.45, 2.75) is 38.9 Å². The fourth-order valence-electron chi connectivity index (χ4n) is 1.66. The molecule has 5 nitrogen and oxygen atoms in total. The van der Waals surface area contributed by atoms with Gasteiger partial charge in [0.05, 0.1) is 23.8 Å². The van der Waals surface area contributed by atoms with Gasteiger partial charge in [-0.1, -0.05) is 0 Å². The minimum atomic E-state index is 0.697. The molecular weight excluding hydrogens is 234 g/mol. The van der Waals surface area contributed by atoms with Crippen LogP contribution in [0.1, 0.15) is 29.4 Å². The number of aromatic nitrogens is 4. The highest BCUT2D eigenvalue weighted by Crippen LogP contribution is 2.18. The molecule has 1 aliphatic carbocycles. The first-order valence-corrected chi connectivity index (χ1v) is 6.70. The number of aryl methyl sites for hydroxylation is 1. The van der Waals surface area contributed by atoms with Crippen LogP contribution in [0, 0.1) is 6.92 Å². The van der Waals surface area contributed by atoms with Gasteiger partial charge in [0.1, 0.15) is 6.33 Å². The second-order valence-electron chi connectivity index (χ2n) is 4.37. The minimum Gasteiger partial charge on any atom is -0.307 e. The van der Waals surface area contributed by atoms with E-state index in [1.165, 1.54) is 12.8 Å². The molecule has 17 heavy (non-hydrogen) atoms. The van der Waals surface area contributed by atoms with Crippen LogP contribution in [0.5, 0.6) is 0 Å². The Hall–Kier alpha value is -1.27. The quantitative estimate of drug-likeness (QED) is 0.869. The van der Waals surface area contributed by atoms with Crippen LogP contribution in [-0.4, -0.2) is 25.8 Å². The van der Waals surface area contributed by atoms with Gasteiger partial charge < -0.3 is 5.32 Å². The molecule has 0 radical (unpaired) electrons. The van der Waals surface area contributed by atoms with Gasteiger partial charge in [-0.15, -0.1) is 11.3 Å². The van der Waals surface area contributed by atoms with E-state index in [0.717, 1.165) is 23.1 Å². The fraction of sp³-hybridized carbons (Fsp3) is 0.545. The van der Waals surface area contributed by atoms with E-state index in [0.29, 0.717) is 12.6 Å².